The van der Waals surface area contributed by atoms with Crippen LogP contribution in [0.25, 0.3) is 0 Å². The van der Waals surface area contributed by atoms with Crippen molar-refractivity contribution in [1.29, 1.82) is 0 Å². The van der Waals surface area contributed by atoms with Gasteiger partial charge in [-0.15, -0.1) is 0 Å². The van der Waals surface area contributed by atoms with E-state index in [2.05, 4.69) is 29.3 Å². The fourth-order valence-corrected chi connectivity index (χ4v) is 2.99. The van der Waals surface area contributed by atoms with Crippen LogP contribution in [-0.2, 0) is 6.42 Å². The Hall–Kier alpha value is -0.730. The summed E-state index contributed by atoms with van der Waals surface area (Å²) in [5, 5.41) is 4.33. The van der Waals surface area contributed by atoms with Crippen LogP contribution in [-0.4, -0.2) is 25.2 Å². The van der Waals surface area contributed by atoms with Crippen molar-refractivity contribution in [2.75, 3.05) is 18.0 Å². The minimum atomic E-state index is 0.573. The van der Waals surface area contributed by atoms with Crippen molar-refractivity contribution in [3.8, 4) is 0 Å². The molecular formula is C12H15ClN2. The number of rotatable bonds is 0. The lowest BCUT2D eigenvalue weighted by Crippen LogP contribution is -2.54. The molecule has 0 unspecified atom stereocenters. The van der Waals surface area contributed by atoms with Gasteiger partial charge in [-0.25, -0.2) is 0 Å². The molecule has 2 atom stereocenters. The molecule has 3 heteroatoms. The lowest BCUT2D eigenvalue weighted by molar-refractivity contribution is 0.430. The minimum Gasteiger partial charge on any atom is -0.363 e. The van der Waals surface area contributed by atoms with Crippen LogP contribution in [0.4, 0.5) is 5.69 Å². The van der Waals surface area contributed by atoms with Crippen LogP contribution >= 0.6 is 11.6 Å². The average Bonchev–Trinajstić information content (AvgIpc) is 2.57. The smallest absolute Gasteiger partial charge is 0.0459 e. The molecule has 2 nitrogen and oxygen atoms in total. The van der Waals surface area contributed by atoms with E-state index in [1.807, 2.05) is 6.07 Å². The summed E-state index contributed by atoms with van der Waals surface area (Å²) in [5.74, 6) is 0. The van der Waals surface area contributed by atoms with Crippen molar-refractivity contribution < 1.29 is 0 Å². The molecule has 0 saturated carbocycles. The highest BCUT2D eigenvalue weighted by Crippen LogP contribution is 2.36. The van der Waals surface area contributed by atoms with Crippen LogP contribution in [0.15, 0.2) is 18.2 Å². The first-order valence-electron chi connectivity index (χ1n) is 5.53. The molecule has 0 radical (unpaired) electrons. The highest BCUT2D eigenvalue weighted by molar-refractivity contribution is 6.30. The summed E-state index contributed by atoms with van der Waals surface area (Å²) >= 11 is 6.06. The van der Waals surface area contributed by atoms with Crippen molar-refractivity contribution in [1.82, 2.24) is 5.32 Å². The van der Waals surface area contributed by atoms with Crippen LogP contribution in [0.1, 0.15) is 12.5 Å². The average molecular weight is 223 g/mol. The molecule has 1 aromatic rings. The summed E-state index contributed by atoms with van der Waals surface area (Å²) in [6.07, 6.45) is 1.16. The van der Waals surface area contributed by atoms with Gasteiger partial charge in [-0.05, 0) is 31.0 Å². The van der Waals surface area contributed by atoms with Gasteiger partial charge >= 0.3 is 0 Å². The van der Waals surface area contributed by atoms with Crippen molar-refractivity contribution in [3.63, 3.8) is 0 Å². The van der Waals surface area contributed by atoms with E-state index in [-0.39, 0.29) is 0 Å². The fraction of sp³-hybridized carbons (Fsp3) is 0.500. The second-order valence-corrected chi connectivity index (χ2v) is 4.98. The normalized spacial score (nSPS) is 28.8. The summed E-state index contributed by atoms with van der Waals surface area (Å²) in [6, 6.07) is 7.48. The number of nitrogens with one attached hydrogen (secondary N) is 1. The molecule has 80 valence electrons. The maximum Gasteiger partial charge on any atom is 0.0459 e. The van der Waals surface area contributed by atoms with Gasteiger partial charge in [0.25, 0.3) is 0 Å². The molecule has 15 heavy (non-hydrogen) atoms. The first kappa shape index (κ1) is 9.49. The van der Waals surface area contributed by atoms with E-state index in [4.69, 9.17) is 11.6 Å². The van der Waals surface area contributed by atoms with Crippen LogP contribution in [0.2, 0.25) is 5.02 Å². The Bertz CT molecular complexity index is 391. The third kappa shape index (κ3) is 1.44. The van der Waals surface area contributed by atoms with Crippen LogP contribution in [0, 0.1) is 0 Å². The highest BCUT2D eigenvalue weighted by Gasteiger charge is 2.34. The zero-order chi connectivity index (χ0) is 10.4. The molecule has 0 bridgehead atoms. The van der Waals surface area contributed by atoms with Gasteiger partial charge in [0.2, 0.25) is 0 Å². The molecule has 2 aliphatic rings. The van der Waals surface area contributed by atoms with Gasteiger partial charge in [0.05, 0.1) is 0 Å². The molecular weight excluding hydrogens is 208 g/mol. The number of piperazine rings is 1. The van der Waals surface area contributed by atoms with E-state index in [0.29, 0.717) is 12.1 Å². The summed E-state index contributed by atoms with van der Waals surface area (Å²) < 4.78 is 0. The molecule has 1 aromatic carbocycles. The Morgan fingerprint density at radius 3 is 3.13 bits per heavy atom. The van der Waals surface area contributed by atoms with Gasteiger partial charge in [-0.1, -0.05) is 17.7 Å². The molecule has 0 spiro atoms. The summed E-state index contributed by atoms with van der Waals surface area (Å²) in [7, 11) is 0. The van der Waals surface area contributed by atoms with E-state index in [0.717, 1.165) is 24.5 Å². The van der Waals surface area contributed by atoms with Crippen molar-refractivity contribution >= 4 is 17.3 Å². The van der Waals surface area contributed by atoms with Gasteiger partial charge in [0.15, 0.2) is 0 Å². The maximum atomic E-state index is 6.06. The SMILES string of the molecule is C[C@H]1CNC[C@@H]2Cc3ccc(Cl)cc3N21. The molecule has 3 rings (SSSR count). The van der Waals surface area contributed by atoms with Crippen LogP contribution in [0.5, 0.6) is 0 Å². The highest BCUT2D eigenvalue weighted by atomic mass is 35.5. The predicted octanol–water partition coefficient (Wildman–Crippen LogP) is 2.06. The van der Waals surface area contributed by atoms with E-state index >= 15 is 0 Å². The largest absolute Gasteiger partial charge is 0.363 e. The fourth-order valence-electron chi connectivity index (χ4n) is 2.82. The third-order valence-corrected chi connectivity index (χ3v) is 3.70. The van der Waals surface area contributed by atoms with E-state index in [9.17, 15) is 0 Å². The Balaban J connectivity index is 2.04. The van der Waals surface area contributed by atoms with Crippen molar-refractivity contribution in [2.45, 2.75) is 25.4 Å². The van der Waals surface area contributed by atoms with Gasteiger partial charge in [0, 0.05) is 35.9 Å². The second-order valence-electron chi connectivity index (χ2n) is 4.55. The minimum absolute atomic E-state index is 0.573. The Labute approximate surface area is 95.2 Å². The number of halogens is 1. The van der Waals surface area contributed by atoms with Crippen LogP contribution < -0.4 is 10.2 Å². The quantitative estimate of drug-likeness (QED) is 0.723. The number of hydrogen-bond acceptors (Lipinski definition) is 2. The maximum absolute atomic E-state index is 6.06. The molecule has 0 amide bonds. The van der Waals surface area contributed by atoms with E-state index in [1.165, 1.54) is 11.3 Å². The third-order valence-electron chi connectivity index (χ3n) is 3.47. The Morgan fingerprint density at radius 2 is 2.27 bits per heavy atom. The lowest BCUT2D eigenvalue weighted by atomic mass is 10.1. The molecule has 0 aliphatic carbocycles. The molecule has 0 aromatic heterocycles. The molecule has 1 N–H and O–H groups in total. The summed E-state index contributed by atoms with van der Waals surface area (Å²) in [6.45, 7) is 4.44. The number of nitrogens with zero attached hydrogens (tertiary/aromatic N) is 1. The lowest BCUT2D eigenvalue weighted by Gasteiger charge is -2.38. The van der Waals surface area contributed by atoms with Crippen LogP contribution in [0.3, 0.4) is 0 Å². The number of benzene rings is 1. The monoisotopic (exact) mass is 222 g/mol. The van der Waals surface area contributed by atoms with E-state index in [1.54, 1.807) is 0 Å². The van der Waals surface area contributed by atoms with Gasteiger partial charge in [-0.3, -0.25) is 0 Å². The number of hydrogen-bond donors (Lipinski definition) is 1. The standard InChI is InChI=1S/C12H15ClN2/c1-8-6-14-7-11-4-9-2-3-10(13)5-12(9)15(8)11/h2-3,5,8,11,14H,4,6-7H2,1H3/t8-,11-/m0/s1. The second kappa shape index (κ2) is 3.39. The number of anilines is 1. The Morgan fingerprint density at radius 1 is 1.40 bits per heavy atom. The first-order valence-corrected chi connectivity index (χ1v) is 5.91. The molecule has 2 heterocycles. The Kier molecular flexibility index (Phi) is 2.15. The summed E-state index contributed by atoms with van der Waals surface area (Å²) in [5.41, 5.74) is 2.79. The summed E-state index contributed by atoms with van der Waals surface area (Å²) in [4.78, 5) is 2.53. The zero-order valence-electron chi connectivity index (χ0n) is 8.83. The molecule has 1 fully saturated rings. The van der Waals surface area contributed by atoms with Gasteiger partial charge < -0.3 is 10.2 Å². The molecule has 2 aliphatic heterocycles. The van der Waals surface area contributed by atoms with Gasteiger partial charge in [-0.2, -0.15) is 0 Å². The van der Waals surface area contributed by atoms with Crippen molar-refractivity contribution in [3.05, 3.63) is 28.8 Å². The predicted molar refractivity (Wildman–Crippen MR) is 63.8 cm³/mol. The van der Waals surface area contributed by atoms with Gasteiger partial charge in [0.1, 0.15) is 0 Å². The van der Waals surface area contributed by atoms with Crippen molar-refractivity contribution in [2.24, 2.45) is 0 Å². The number of fused-ring (bicyclic) bond motifs is 3. The molecule has 1 saturated heterocycles. The zero-order valence-corrected chi connectivity index (χ0v) is 9.59. The van der Waals surface area contributed by atoms with E-state index < -0.39 is 0 Å². The first-order chi connectivity index (χ1) is 7.25. The topological polar surface area (TPSA) is 15.3 Å².